The zero-order chi connectivity index (χ0) is 28.9. The molecule has 212 valence electrons. The van der Waals surface area contributed by atoms with Crippen LogP contribution >= 0.6 is 0 Å². The number of nitrogens with zero attached hydrogens (tertiary/aromatic N) is 2. The van der Waals surface area contributed by atoms with Crippen molar-refractivity contribution in [3.05, 3.63) is 90.0 Å². The molecule has 0 aliphatic carbocycles. The molecule has 1 aliphatic heterocycles. The molecular weight excluding hydrogens is 530 g/mol. The molecule has 0 spiro atoms. The van der Waals surface area contributed by atoms with E-state index in [9.17, 15) is 23.1 Å². The van der Waals surface area contributed by atoms with E-state index in [0.29, 0.717) is 5.69 Å². The lowest BCUT2D eigenvalue weighted by molar-refractivity contribution is -0.115. The van der Waals surface area contributed by atoms with Crippen LogP contribution in [0.4, 0.5) is 5.69 Å². The Morgan fingerprint density at radius 1 is 1.10 bits per heavy atom. The summed E-state index contributed by atoms with van der Waals surface area (Å²) in [6, 6.07) is 21.9. The lowest BCUT2D eigenvalue weighted by Crippen LogP contribution is -2.50. The molecule has 0 saturated carbocycles. The number of anilines is 1. The van der Waals surface area contributed by atoms with Crippen molar-refractivity contribution in [3.8, 4) is 5.75 Å². The van der Waals surface area contributed by atoms with Crippen LogP contribution in [0.5, 0.6) is 5.75 Å². The maximum absolute atomic E-state index is 13.7. The highest BCUT2D eigenvalue weighted by atomic mass is 32.2. The minimum atomic E-state index is -3.77. The first-order valence-electron chi connectivity index (χ1n) is 13.2. The number of carbonyl (C=O) groups is 2. The third-order valence-electron chi connectivity index (χ3n) is 7.04. The standard InChI is InChI=1S/C30H35N3O6S/c1-21-18-33(22(2)20-34)30(36)26-17-24(31-29(35)16-23-10-6-4-7-11-23)14-15-27(26)39-28(21)19-32(3)40(37,38)25-12-8-5-9-13-25/h4-15,17,21-22,28,34H,16,18-20H2,1-3H3,(H,31,35)/t21-,22+,28-/m0/s1. The predicted octanol–water partition coefficient (Wildman–Crippen LogP) is 3.41. The van der Waals surface area contributed by atoms with Gasteiger partial charge in [0, 0.05) is 25.2 Å². The number of fused-ring (bicyclic) bond motifs is 1. The number of nitrogens with one attached hydrogen (secondary N) is 1. The Balaban J connectivity index is 1.62. The Labute approximate surface area is 235 Å². The van der Waals surface area contributed by atoms with Crippen LogP contribution in [0, 0.1) is 5.92 Å². The number of aliphatic hydroxyl groups is 1. The van der Waals surface area contributed by atoms with Gasteiger partial charge in [0.1, 0.15) is 11.9 Å². The lowest BCUT2D eigenvalue weighted by Gasteiger charge is -2.38. The maximum Gasteiger partial charge on any atom is 0.258 e. The van der Waals surface area contributed by atoms with Gasteiger partial charge in [-0.15, -0.1) is 0 Å². The summed E-state index contributed by atoms with van der Waals surface area (Å²) in [4.78, 5) is 28.1. The Bertz CT molecular complexity index is 1430. The molecule has 40 heavy (non-hydrogen) atoms. The molecule has 1 heterocycles. The van der Waals surface area contributed by atoms with Gasteiger partial charge < -0.3 is 20.1 Å². The second-order valence-corrected chi connectivity index (χ2v) is 12.2. The van der Waals surface area contributed by atoms with Crippen LogP contribution in [0.2, 0.25) is 0 Å². The average Bonchev–Trinajstić information content (AvgIpc) is 2.95. The molecule has 3 aromatic carbocycles. The van der Waals surface area contributed by atoms with E-state index in [-0.39, 0.29) is 60.1 Å². The molecule has 2 N–H and O–H groups in total. The molecule has 0 aromatic heterocycles. The Hall–Kier alpha value is -3.73. The molecule has 1 aliphatic rings. The first kappa shape index (κ1) is 29.3. The third kappa shape index (κ3) is 6.70. The number of hydrogen-bond donors (Lipinski definition) is 2. The fourth-order valence-electron chi connectivity index (χ4n) is 4.63. The predicted molar refractivity (Wildman–Crippen MR) is 153 cm³/mol. The Kier molecular flexibility index (Phi) is 9.24. The number of rotatable bonds is 9. The molecule has 0 radical (unpaired) electrons. The number of carbonyl (C=O) groups excluding carboxylic acids is 2. The van der Waals surface area contributed by atoms with Gasteiger partial charge in [-0.3, -0.25) is 9.59 Å². The topological polar surface area (TPSA) is 116 Å². The fourth-order valence-corrected chi connectivity index (χ4v) is 5.83. The van der Waals surface area contributed by atoms with Gasteiger partial charge in [0.15, 0.2) is 0 Å². The van der Waals surface area contributed by atoms with E-state index in [1.165, 1.54) is 11.4 Å². The highest BCUT2D eigenvalue weighted by Gasteiger charge is 2.35. The minimum absolute atomic E-state index is 0.0446. The number of amides is 2. The summed E-state index contributed by atoms with van der Waals surface area (Å²) in [7, 11) is -2.26. The number of sulfonamides is 1. The fraction of sp³-hybridized carbons (Fsp3) is 0.333. The lowest BCUT2D eigenvalue weighted by atomic mass is 9.99. The number of ether oxygens (including phenoxy) is 1. The summed E-state index contributed by atoms with van der Waals surface area (Å²) in [5.41, 5.74) is 1.52. The van der Waals surface area contributed by atoms with Gasteiger partial charge in [0.05, 0.1) is 36.1 Å². The monoisotopic (exact) mass is 565 g/mol. The van der Waals surface area contributed by atoms with Gasteiger partial charge in [-0.05, 0) is 42.8 Å². The first-order chi connectivity index (χ1) is 19.1. The summed E-state index contributed by atoms with van der Waals surface area (Å²) in [5, 5.41) is 12.7. The second-order valence-electron chi connectivity index (χ2n) is 10.1. The summed E-state index contributed by atoms with van der Waals surface area (Å²) >= 11 is 0. The Morgan fingerprint density at radius 2 is 1.75 bits per heavy atom. The van der Waals surface area contributed by atoms with Crippen molar-refractivity contribution in [1.29, 1.82) is 0 Å². The quantitative estimate of drug-likeness (QED) is 0.411. The van der Waals surface area contributed by atoms with Crippen LogP contribution < -0.4 is 10.1 Å². The zero-order valence-corrected chi connectivity index (χ0v) is 23.7. The molecular formula is C30H35N3O6S. The van der Waals surface area contributed by atoms with E-state index in [4.69, 9.17) is 4.74 Å². The second kappa shape index (κ2) is 12.6. The SMILES string of the molecule is C[C@H](CO)N1C[C@H](C)[C@H](CN(C)S(=O)(=O)c2ccccc2)Oc2ccc(NC(=O)Cc3ccccc3)cc2C1=O. The van der Waals surface area contributed by atoms with Crippen molar-refractivity contribution < 1.29 is 27.9 Å². The van der Waals surface area contributed by atoms with E-state index >= 15 is 0 Å². The van der Waals surface area contributed by atoms with Crippen molar-refractivity contribution >= 4 is 27.5 Å². The van der Waals surface area contributed by atoms with Crippen LogP contribution in [-0.4, -0.2) is 73.4 Å². The van der Waals surface area contributed by atoms with Crippen LogP contribution in [-0.2, 0) is 21.2 Å². The highest BCUT2D eigenvalue weighted by Crippen LogP contribution is 2.31. The molecule has 2 amide bonds. The maximum atomic E-state index is 13.7. The van der Waals surface area contributed by atoms with Gasteiger partial charge in [-0.1, -0.05) is 55.5 Å². The van der Waals surface area contributed by atoms with Crippen molar-refractivity contribution in [3.63, 3.8) is 0 Å². The van der Waals surface area contributed by atoms with Crippen molar-refractivity contribution in [2.24, 2.45) is 5.92 Å². The molecule has 3 atom stereocenters. The number of hydrogen-bond acceptors (Lipinski definition) is 6. The van der Waals surface area contributed by atoms with Crippen molar-refractivity contribution in [2.45, 2.75) is 37.3 Å². The zero-order valence-electron chi connectivity index (χ0n) is 22.9. The molecule has 9 nitrogen and oxygen atoms in total. The van der Waals surface area contributed by atoms with Crippen molar-refractivity contribution in [2.75, 3.05) is 32.1 Å². The smallest absolute Gasteiger partial charge is 0.258 e. The molecule has 4 rings (SSSR count). The minimum Gasteiger partial charge on any atom is -0.488 e. The molecule has 0 bridgehead atoms. The van der Waals surface area contributed by atoms with Crippen molar-refractivity contribution in [1.82, 2.24) is 9.21 Å². The average molecular weight is 566 g/mol. The molecule has 0 saturated heterocycles. The van der Waals surface area contributed by atoms with E-state index in [1.54, 1.807) is 60.4 Å². The van der Waals surface area contributed by atoms with E-state index in [0.717, 1.165) is 5.56 Å². The number of likely N-dealkylation sites (N-methyl/N-ethyl adjacent to an activating group) is 1. The molecule has 0 unspecified atom stereocenters. The molecule has 10 heteroatoms. The third-order valence-corrected chi connectivity index (χ3v) is 8.88. The highest BCUT2D eigenvalue weighted by molar-refractivity contribution is 7.89. The van der Waals surface area contributed by atoms with Gasteiger partial charge in [0.2, 0.25) is 15.9 Å². The number of benzene rings is 3. The largest absolute Gasteiger partial charge is 0.488 e. The van der Waals surface area contributed by atoms with E-state index in [1.807, 2.05) is 37.3 Å². The summed E-state index contributed by atoms with van der Waals surface area (Å²) in [5.74, 6) is -0.551. The normalized spacial score (nSPS) is 18.3. The van der Waals surface area contributed by atoms with Crippen LogP contribution in [0.25, 0.3) is 0 Å². The molecule has 3 aromatic rings. The van der Waals surface area contributed by atoms with Gasteiger partial charge in [-0.25, -0.2) is 8.42 Å². The van der Waals surface area contributed by atoms with Crippen LogP contribution in [0.15, 0.2) is 83.8 Å². The summed E-state index contributed by atoms with van der Waals surface area (Å²) in [6.07, 6.45) is -0.417. The summed E-state index contributed by atoms with van der Waals surface area (Å²) in [6.45, 7) is 3.69. The van der Waals surface area contributed by atoms with Gasteiger partial charge in [-0.2, -0.15) is 4.31 Å². The van der Waals surface area contributed by atoms with Crippen LogP contribution in [0.1, 0.15) is 29.8 Å². The number of aliphatic hydroxyl groups excluding tert-OH is 1. The van der Waals surface area contributed by atoms with E-state index < -0.39 is 22.2 Å². The first-order valence-corrected chi connectivity index (χ1v) is 14.6. The van der Waals surface area contributed by atoms with Gasteiger partial charge in [0.25, 0.3) is 5.91 Å². The van der Waals surface area contributed by atoms with Gasteiger partial charge >= 0.3 is 0 Å². The Morgan fingerprint density at radius 3 is 2.40 bits per heavy atom. The summed E-state index contributed by atoms with van der Waals surface area (Å²) < 4.78 is 34.0. The van der Waals surface area contributed by atoms with E-state index in [2.05, 4.69) is 5.32 Å². The molecule has 0 fully saturated rings. The van der Waals surface area contributed by atoms with Crippen LogP contribution in [0.3, 0.4) is 0 Å².